The zero-order valence-corrected chi connectivity index (χ0v) is 23.8. The van der Waals surface area contributed by atoms with E-state index in [2.05, 4.69) is 26.3 Å². The Labute approximate surface area is 241 Å². The molecule has 0 heterocycles. The SMILES string of the molecule is C=C\C=C(/C=C/C(C=C)=C/C=C/Cl)CN(/C=C/C(Cl)=C\C(Cl)=C\O)CCC(=C)/C=C\C(=C)F.CC(=O)CO. The monoisotopic (exact) mass is 581 g/mol. The number of ketones is 1. The molecule has 8 heteroatoms. The number of rotatable bonds is 16. The minimum Gasteiger partial charge on any atom is -0.514 e. The van der Waals surface area contributed by atoms with Crippen molar-refractivity contribution in [3.05, 3.63) is 144 Å². The number of hydrogen-bond acceptors (Lipinski definition) is 4. The van der Waals surface area contributed by atoms with Crippen molar-refractivity contribution >= 4 is 40.6 Å². The molecule has 0 saturated heterocycles. The van der Waals surface area contributed by atoms with Crippen LogP contribution >= 0.6 is 34.8 Å². The average Bonchev–Trinajstić information content (AvgIpc) is 2.89. The topological polar surface area (TPSA) is 60.8 Å². The highest BCUT2D eigenvalue weighted by Gasteiger charge is 2.04. The maximum absolute atomic E-state index is 12.9. The molecule has 0 unspecified atom stereocenters. The molecule has 0 bridgehead atoms. The summed E-state index contributed by atoms with van der Waals surface area (Å²) < 4.78 is 12.9. The van der Waals surface area contributed by atoms with Crippen LogP contribution < -0.4 is 0 Å². The lowest BCUT2D eigenvalue weighted by molar-refractivity contribution is -0.119. The molecule has 0 amide bonds. The molecule has 0 rings (SSSR count). The van der Waals surface area contributed by atoms with Gasteiger partial charge in [-0.2, -0.15) is 0 Å². The van der Waals surface area contributed by atoms with Crippen molar-refractivity contribution < 1.29 is 19.4 Å². The maximum Gasteiger partial charge on any atom is 0.155 e. The standard InChI is InChI=1S/C27H29Cl3FNO.C3H6O2/c1-5-8-25(13-12-24(6-2)9-7-16-28)20-32(17-14-22(3)10-11-23(4)31)18-15-26(29)19-27(30)21-33;1-3(5)2-4/h5-13,15-16,18-19,21,33H,1-4,14,17,20H2;4H,2H2,1H3/b11-10-,13-12+,16-7+,18-15+,24-9+,25-8+,26-19+,27-21-;. The quantitative estimate of drug-likeness (QED) is 0.141. The van der Waals surface area contributed by atoms with Gasteiger partial charge in [-0.1, -0.05) is 115 Å². The first-order valence-corrected chi connectivity index (χ1v) is 12.4. The number of carbonyl (C=O) groups excluding carboxylic acids is 1. The molecule has 4 nitrogen and oxygen atoms in total. The first-order valence-electron chi connectivity index (χ1n) is 11.2. The number of hydrogen-bond donors (Lipinski definition) is 2. The molecule has 0 spiro atoms. The lowest BCUT2D eigenvalue weighted by Gasteiger charge is -2.21. The molecule has 0 atom stereocenters. The van der Waals surface area contributed by atoms with E-state index < -0.39 is 5.83 Å². The van der Waals surface area contributed by atoms with Gasteiger partial charge >= 0.3 is 0 Å². The number of halogens is 4. The van der Waals surface area contributed by atoms with Gasteiger partial charge in [-0.15, -0.1) is 0 Å². The van der Waals surface area contributed by atoms with Gasteiger partial charge in [0.2, 0.25) is 0 Å². The highest BCUT2D eigenvalue weighted by molar-refractivity contribution is 6.35. The highest BCUT2D eigenvalue weighted by atomic mass is 35.5. The van der Waals surface area contributed by atoms with Crippen LogP contribution in [0.5, 0.6) is 0 Å². The van der Waals surface area contributed by atoms with Crippen LogP contribution in [0.2, 0.25) is 0 Å². The molecule has 0 aliphatic carbocycles. The van der Waals surface area contributed by atoms with E-state index in [1.807, 2.05) is 29.2 Å². The second-order valence-corrected chi connectivity index (χ2v) is 8.50. The van der Waals surface area contributed by atoms with Crippen LogP contribution in [0.3, 0.4) is 0 Å². The molecule has 0 fully saturated rings. The van der Waals surface area contributed by atoms with Crippen LogP contribution in [0, 0.1) is 0 Å². The van der Waals surface area contributed by atoms with E-state index in [0.717, 1.165) is 23.0 Å². The largest absolute Gasteiger partial charge is 0.514 e. The van der Waals surface area contributed by atoms with Gasteiger partial charge in [-0.05, 0) is 42.7 Å². The first-order chi connectivity index (χ1) is 18.0. The molecule has 0 aromatic heterocycles. The lowest BCUT2D eigenvalue weighted by atomic mass is 10.1. The number of carbonyl (C=O) groups is 1. The Kier molecular flexibility index (Phi) is 23.7. The number of aliphatic hydroxyl groups is 2. The summed E-state index contributed by atoms with van der Waals surface area (Å²) >= 11 is 17.5. The van der Waals surface area contributed by atoms with Crippen LogP contribution in [-0.2, 0) is 4.79 Å². The Balaban J connectivity index is 0. The Morgan fingerprint density at radius 1 is 1.03 bits per heavy atom. The van der Waals surface area contributed by atoms with Crippen molar-refractivity contribution in [1.29, 1.82) is 0 Å². The van der Waals surface area contributed by atoms with Crippen LogP contribution in [0.25, 0.3) is 0 Å². The molecular weight excluding hydrogens is 548 g/mol. The third kappa shape index (κ3) is 23.3. The van der Waals surface area contributed by atoms with Crippen molar-refractivity contribution in [3.8, 4) is 0 Å². The molecule has 0 saturated carbocycles. The van der Waals surface area contributed by atoms with Crippen molar-refractivity contribution in [2.75, 3.05) is 19.7 Å². The van der Waals surface area contributed by atoms with E-state index in [0.29, 0.717) is 24.5 Å². The van der Waals surface area contributed by atoms with Gasteiger partial charge in [0.05, 0.1) is 11.3 Å². The summed E-state index contributed by atoms with van der Waals surface area (Å²) in [6, 6.07) is 0. The van der Waals surface area contributed by atoms with Crippen LogP contribution in [-0.4, -0.2) is 40.6 Å². The predicted molar refractivity (Wildman–Crippen MR) is 163 cm³/mol. The molecule has 206 valence electrons. The fourth-order valence-electron chi connectivity index (χ4n) is 2.27. The molecule has 0 aliphatic heterocycles. The second kappa shape index (κ2) is 24.3. The molecule has 0 aromatic carbocycles. The summed E-state index contributed by atoms with van der Waals surface area (Å²) in [5.74, 6) is -0.722. The molecular formula is C30H35Cl3FNO3. The fraction of sp³-hybridized carbons (Fsp3) is 0.167. The predicted octanol–water partition coefficient (Wildman–Crippen LogP) is 8.65. The molecule has 0 radical (unpaired) electrons. The smallest absolute Gasteiger partial charge is 0.155 e. The van der Waals surface area contributed by atoms with Gasteiger partial charge in [0.15, 0.2) is 5.78 Å². The van der Waals surface area contributed by atoms with E-state index in [-0.39, 0.29) is 17.4 Å². The summed E-state index contributed by atoms with van der Waals surface area (Å²) in [7, 11) is 0. The van der Waals surface area contributed by atoms with E-state index >= 15 is 0 Å². The molecule has 2 N–H and O–H groups in total. The normalized spacial score (nSPS) is 13.2. The zero-order chi connectivity index (χ0) is 29.3. The van der Waals surface area contributed by atoms with Crippen molar-refractivity contribution in [1.82, 2.24) is 4.90 Å². The summed E-state index contributed by atoms with van der Waals surface area (Å²) in [5, 5.41) is 17.2. The summed E-state index contributed by atoms with van der Waals surface area (Å²) in [4.78, 5) is 11.6. The minimum absolute atomic E-state index is 0.103. The Morgan fingerprint density at radius 3 is 2.18 bits per heavy atom. The van der Waals surface area contributed by atoms with Gasteiger partial charge < -0.3 is 15.1 Å². The third-order valence-corrected chi connectivity index (χ3v) is 4.68. The summed E-state index contributed by atoms with van der Waals surface area (Å²) in [5.41, 5.74) is 4.00. The average molecular weight is 583 g/mol. The third-order valence-electron chi connectivity index (χ3n) is 4.09. The van der Waals surface area contributed by atoms with Crippen molar-refractivity contribution in [3.63, 3.8) is 0 Å². The van der Waals surface area contributed by atoms with Gasteiger partial charge in [0, 0.05) is 29.9 Å². The van der Waals surface area contributed by atoms with E-state index in [4.69, 9.17) is 45.0 Å². The summed E-state index contributed by atoms with van der Waals surface area (Å²) in [6.45, 7) is 16.8. The van der Waals surface area contributed by atoms with Crippen LogP contribution in [0.15, 0.2) is 144 Å². The number of allylic oxidation sites excluding steroid dienone is 14. The molecule has 38 heavy (non-hydrogen) atoms. The lowest BCUT2D eigenvalue weighted by Crippen LogP contribution is -2.21. The van der Waals surface area contributed by atoms with Crippen LogP contribution in [0.4, 0.5) is 4.39 Å². The fourth-order valence-corrected chi connectivity index (χ4v) is 2.69. The Hall–Kier alpha value is -3.09. The van der Waals surface area contributed by atoms with Gasteiger partial charge in [-0.25, -0.2) is 4.39 Å². The second-order valence-electron chi connectivity index (χ2n) is 7.38. The van der Waals surface area contributed by atoms with E-state index in [9.17, 15) is 9.18 Å². The van der Waals surface area contributed by atoms with Gasteiger partial charge in [0.1, 0.15) is 12.4 Å². The minimum atomic E-state index is -0.532. The van der Waals surface area contributed by atoms with E-state index in [1.54, 1.807) is 36.6 Å². The van der Waals surface area contributed by atoms with Crippen molar-refractivity contribution in [2.45, 2.75) is 13.3 Å². The Morgan fingerprint density at radius 2 is 1.68 bits per heavy atom. The molecule has 0 aromatic rings. The maximum atomic E-state index is 12.9. The number of Topliss-reactive ketones (excluding diaryl/α,β-unsaturated/α-hetero) is 1. The number of nitrogens with zero attached hydrogens (tertiary/aromatic N) is 1. The highest BCUT2D eigenvalue weighted by Crippen LogP contribution is 2.14. The molecule has 0 aliphatic rings. The first kappa shape index (κ1) is 37.1. The number of aliphatic hydroxyl groups excluding tert-OH is 2. The van der Waals surface area contributed by atoms with Crippen LogP contribution in [0.1, 0.15) is 13.3 Å². The summed E-state index contributed by atoms with van der Waals surface area (Å²) in [6.07, 6.45) is 21.8. The van der Waals surface area contributed by atoms with Crippen molar-refractivity contribution in [2.24, 2.45) is 0 Å². The van der Waals surface area contributed by atoms with E-state index in [1.165, 1.54) is 24.6 Å². The van der Waals surface area contributed by atoms with Gasteiger partial charge in [0.25, 0.3) is 0 Å². The van der Waals surface area contributed by atoms with Gasteiger partial charge in [-0.3, -0.25) is 4.79 Å². The zero-order valence-electron chi connectivity index (χ0n) is 21.5. The Bertz CT molecular complexity index is 1040.